The number of aromatic nitrogens is 2. The van der Waals surface area contributed by atoms with Crippen LogP contribution in [0.2, 0.25) is 0 Å². The molecule has 1 amide bonds. The van der Waals surface area contributed by atoms with Crippen LogP contribution in [0, 0.1) is 17.0 Å². The maximum Gasteiger partial charge on any atom is 0.273 e. The number of aromatic amines is 1. The topological polar surface area (TPSA) is 92.1 Å². The molecule has 0 saturated carbocycles. The molecule has 2 aromatic carbocycles. The van der Waals surface area contributed by atoms with E-state index in [1.807, 2.05) is 51.1 Å². The van der Waals surface area contributed by atoms with Crippen molar-refractivity contribution in [2.75, 3.05) is 0 Å². The molecule has 1 aliphatic rings. The van der Waals surface area contributed by atoms with E-state index in [0.29, 0.717) is 17.0 Å². The number of aryl methyl sites for hydroxylation is 1. The third-order valence-electron chi connectivity index (χ3n) is 5.08. The van der Waals surface area contributed by atoms with Gasteiger partial charge in [-0.2, -0.15) is 5.10 Å². The second-order valence-electron chi connectivity index (χ2n) is 7.29. The Morgan fingerprint density at radius 3 is 2.54 bits per heavy atom. The lowest BCUT2D eigenvalue weighted by atomic mass is 9.95. The molecule has 0 aliphatic carbocycles. The molecule has 7 heteroatoms. The minimum absolute atomic E-state index is 0.00230. The van der Waals surface area contributed by atoms with Crippen molar-refractivity contribution in [3.8, 4) is 11.3 Å². The molecule has 1 aliphatic heterocycles. The van der Waals surface area contributed by atoms with Gasteiger partial charge in [-0.05, 0) is 26.3 Å². The van der Waals surface area contributed by atoms with Crippen LogP contribution in [-0.4, -0.2) is 32.0 Å². The number of H-pyrrole nitrogens is 1. The van der Waals surface area contributed by atoms with Crippen molar-refractivity contribution < 1.29 is 9.72 Å². The molecule has 0 fully saturated rings. The van der Waals surface area contributed by atoms with Crippen molar-refractivity contribution >= 4 is 11.6 Å². The van der Waals surface area contributed by atoms with Gasteiger partial charge in [-0.25, -0.2) is 0 Å². The van der Waals surface area contributed by atoms with Crippen molar-refractivity contribution in [2.45, 2.75) is 32.9 Å². The van der Waals surface area contributed by atoms with Crippen LogP contribution in [0.25, 0.3) is 11.3 Å². The molecular weight excluding hydrogens is 356 g/mol. The van der Waals surface area contributed by atoms with Crippen LogP contribution >= 0.6 is 0 Å². The van der Waals surface area contributed by atoms with E-state index in [-0.39, 0.29) is 17.6 Å². The minimum Gasteiger partial charge on any atom is -0.324 e. The van der Waals surface area contributed by atoms with E-state index in [2.05, 4.69) is 10.2 Å². The number of benzene rings is 2. The Labute approximate surface area is 162 Å². The lowest BCUT2D eigenvalue weighted by Gasteiger charge is -2.29. The Hall–Kier alpha value is -3.48. The third kappa shape index (κ3) is 2.76. The highest BCUT2D eigenvalue weighted by Gasteiger charge is 2.43. The fourth-order valence-corrected chi connectivity index (χ4v) is 3.77. The number of nitro groups is 1. The Bertz CT molecular complexity index is 1070. The van der Waals surface area contributed by atoms with E-state index in [0.717, 1.165) is 16.7 Å². The van der Waals surface area contributed by atoms with Gasteiger partial charge < -0.3 is 4.90 Å². The zero-order valence-electron chi connectivity index (χ0n) is 15.8. The highest BCUT2D eigenvalue weighted by molar-refractivity contribution is 6.00. The lowest BCUT2D eigenvalue weighted by Crippen LogP contribution is -2.35. The molecule has 1 aromatic heterocycles. The van der Waals surface area contributed by atoms with Gasteiger partial charge in [-0.1, -0.05) is 42.0 Å². The second-order valence-corrected chi connectivity index (χ2v) is 7.29. The molecule has 0 bridgehead atoms. The SMILES string of the molecule is Cc1ccc(-c2n[nH]c3c2C(c2cccc([N+](=O)[O-])c2)N(C(C)C)C3=O)cc1. The van der Waals surface area contributed by atoms with Crippen LogP contribution in [0.4, 0.5) is 5.69 Å². The van der Waals surface area contributed by atoms with Crippen molar-refractivity contribution in [2.24, 2.45) is 0 Å². The summed E-state index contributed by atoms with van der Waals surface area (Å²) in [5, 5.41) is 18.6. The van der Waals surface area contributed by atoms with E-state index >= 15 is 0 Å². The molecule has 1 unspecified atom stereocenters. The van der Waals surface area contributed by atoms with Gasteiger partial charge >= 0.3 is 0 Å². The summed E-state index contributed by atoms with van der Waals surface area (Å²) in [5.74, 6) is -0.146. The zero-order valence-corrected chi connectivity index (χ0v) is 15.8. The summed E-state index contributed by atoms with van der Waals surface area (Å²) < 4.78 is 0. The summed E-state index contributed by atoms with van der Waals surface area (Å²) in [5.41, 5.74) is 4.64. The number of carbonyl (C=O) groups is 1. The molecular formula is C21H20N4O3. The van der Waals surface area contributed by atoms with Crippen LogP contribution in [0.1, 0.15) is 47.1 Å². The lowest BCUT2D eigenvalue weighted by molar-refractivity contribution is -0.384. The number of rotatable bonds is 4. The van der Waals surface area contributed by atoms with Crippen molar-refractivity contribution in [1.29, 1.82) is 0 Å². The van der Waals surface area contributed by atoms with Gasteiger partial charge in [0.05, 0.1) is 16.7 Å². The molecule has 4 rings (SSSR count). The Morgan fingerprint density at radius 2 is 1.89 bits per heavy atom. The largest absolute Gasteiger partial charge is 0.324 e. The number of hydrogen-bond donors (Lipinski definition) is 1. The van der Waals surface area contributed by atoms with E-state index in [9.17, 15) is 14.9 Å². The van der Waals surface area contributed by atoms with Crippen LogP contribution in [0.15, 0.2) is 48.5 Å². The van der Waals surface area contributed by atoms with E-state index in [1.54, 1.807) is 11.0 Å². The fraction of sp³-hybridized carbons (Fsp3) is 0.238. The number of non-ortho nitro benzene ring substituents is 1. The van der Waals surface area contributed by atoms with Crippen molar-refractivity contribution in [3.05, 3.63) is 81.0 Å². The molecule has 0 saturated heterocycles. The monoisotopic (exact) mass is 376 g/mol. The Kier molecular flexibility index (Phi) is 4.22. The van der Waals surface area contributed by atoms with Crippen LogP contribution < -0.4 is 0 Å². The number of nitrogens with one attached hydrogen (secondary N) is 1. The Morgan fingerprint density at radius 1 is 1.18 bits per heavy atom. The Balaban J connectivity index is 1.92. The molecule has 0 radical (unpaired) electrons. The third-order valence-corrected chi connectivity index (χ3v) is 5.08. The average molecular weight is 376 g/mol. The molecule has 1 N–H and O–H groups in total. The van der Waals surface area contributed by atoms with Gasteiger partial charge in [0.2, 0.25) is 0 Å². The zero-order chi connectivity index (χ0) is 20.0. The smallest absolute Gasteiger partial charge is 0.273 e. The summed E-state index contributed by atoms with van der Waals surface area (Å²) in [7, 11) is 0. The molecule has 3 aromatic rings. The number of fused-ring (bicyclic) bond motifs is 1. The standard InChI is InChI=1S/C21H20N4O3/c1-12(2)24-20(15-5-4-6-16(11-15)25(27)28)17-18(22-23-19(17)21(24)26)14-9-7-13(3)8-10-14/h4-12,20H,1-3H3,(H,22,23). The highest BCUT2D eigenvalue weighted by Crippen LogP contribution is 2.44. The first-order valence-corrected chi connectivity index (χ1v) is 9.10. The highest BCUT2D eigenvalue weighted by atomic mass is 16.6. The second kappa shape index (κ2) is 6.60. The van der Waals surface area contributed by atoms with Gasteiger partial charge in [0.15, 0.2) is 0 Å². The fourth-order valence-electron chi connectivity index (χ4n) is 3.77. The molecule has 1 atom stereocenters. The molecule has 142 valence electrons. The van der Waals surface area contributed by atoms with Gasteiger partial charge in [-0.15, -0.1) is 0 Å². The summed E-state index contributed by atoms with van der Waals surface area (Å²) in [6.07, 6.45) is 0. The molecule has 28 heavy (non-hydrogen) atoms. The summed E-state index contributed by atoms with van der Waals surface area (Å²) in [4.78, 5) is 25.7. The van der Waals surface area contributed by atoms with Crippen LogP contribution in [-0.2, 0) is 0 Å². The first kappa shape index (κ1) is 17.9. The summed E-state index contributed by atoms with van der Waals surface area (Å²) in [6.45, 7) is 5.88. The van der Waals surface area contributed by atoms with Crippen LogP contribution in [0.3, 0.4) is 0 Å². The van der Waals surface area contributed by atoms with Crippen molar-refractivity contribution in [3.63, 3.8) is 0 Å². The summed E-state index contributed by atoms with van der Waals surface area (Å²) >= 11 is 0. The normalized spacial score (nSPS) is 15.9. The van der Waals surface area contributed by atoms with Gasteiger partial charge in [0.25, 0.3) is 11.6 Å². The van der Waals surface area contributed by atoms with E-state index < -0.39 is 11.0 Å². The van der Waals surface area contributed by atoms with Gasteiger partial charge in [0.1, 0.15) is 5.69 Å². The van der Waals surface area contributed by atoms with Crippen molar-refractivity contribution in [1.82, 2.24) is 15.1 Å². The van der Waals surface area contributed by atoms with Gasteiger partial charge in [-0.3, -0.25) is 20.0 Å². The predicted octanol–water partition coefficient (Wildman–Crippen LogP) is 4.25. The first-order chi connectivity index (χ1) is 13.4. The number of nitro benzene ring substituents is 1. The predicted molar refractivity (Wildman–Crippen MR) is 105 cm³/mol. The number of carbonyl (C=O) groups excluding carboxylic acids is 1. The average Bonchev–Trinajstić information content (AvgIpc) is 3.21. The minimum atomic E-state index is -0.433. The molecule has 0 spiro atoms. The first-order valence-electron chi connectivity index (χ1n) is 9.10. The van der Waals surface area contributed by atoms with E-state index in [4.69, 9.17) is 0 Å². The maximum absolute atomic E-state index is 13.1. The number of amides is 1. The quantitative estimate of drug-likeness (QED) is 0.544. The molecule has 2 heterocycles. The number of hydrogen-bond acceptors (Lipinski definition) is 4. The molecule has 7 nitrogen and oxygen atoms in total. The van der Waals surface area contributed by atoms with Crippen LogP contribution in [0.5, 0.6) is 0 Å². The number of nitrogens with zero attached hydrogens (tertiary/aromatic N) is 3. The van der Waals surface area contributed by atoms with E-state index in [1.165, 1.54) is 12.1 Å². The maximum atomic E-state index is 13.1. The summed E-state index contributed by atoms with van der Waals surface area (Å²) in [6, 6.07) is 13.9. The van der Waals surface area contributed by atoms with Gasteiger partial charge in [0, 0.05) is 29.3 Å².